The van der Waals surface area contributed by atoms with Gasteiger partial charge < -0.3 is 0 Å². The maximum atomic E-state index is 10.3. The third kappa shape index (κ3) is 8.07. The van der Waals surface area contributed by atoms with Crippen LogP contribution in [0.3, 0.4) is 0 Å². The van der Waals surface area contributed by atoms with Crippen LogP contribution in [0, 0.1) is 39.0 Å². The van der Waals surface area contributed by atoms with Gasteiger partial charge in [0.05, 0.1) is 11.6 Å². The van der Waals surface area contributed by atoms with E-state index in [-0.39, 0.29) is 0 Å². The summed E-state index contributed by atoms with van der Waals surface area (Å²) >= 11 is 0. The standard InChI is InChI=1S/C55H43N/c1-37-5-15-42(16-6-37)49-30-50(43-17-7-38(2)8-18-43)33-53(32-49)46-23-13-41(14-24-46)29-55(36-56)48-27-25-47(26-28-48)54-34-51(44-19-9-39(3)10-20-44)31-52(35-54)45-21-11-40(4)12-22-45/h5-35H,1-4H3/b55-29+. The van der Waals surface area contributed by atoms with Crippen molar-refractivity contribution in [3.63, 3.8) is 0 Å². The summed E-state index contributed by atoms with van der Waals surface area (Å²) in [6.45, 7) is 8.48. The van der Waals surface area contributed by atoms with Crippen molar-refractivity contribution in [2.75, 3.05) is 0 Å². The molecule has 0 saturated carbocycles. The quantitative estimate of drug-likeness (QED) is 0.113. The van der Waals surface area contributed by atoms with Crippen LogP contribution < -0.4 is 0 Å². The number of hydrogen-bond donors (Lipinski definition) is 0. The second-order valence-corrected chi connectivity index (χ2v) is 14.9. The Hall–Kier alpha value is -7.01. The molecule has 0 aliphatic carbocycles. The molecule has 8 rings (SSSR count). The number of hydrogen-bond acceptors (Lipinski definition) is 1. The summed E-state index contributed by atoms with van der Waals surface area (Å²) in [5.74, 6) is 0. The number of aryl methyl sites for hydroxylation is 4. The Morgan fingerprint density at radius 3 is 0.804 bits per heavy atom. The van der Waals surface area contributed by atoms with E-state index in [0.717, 1.165) is 33.4 Å². The molecular weight excluding hydrogens is 675 g/mol. The summed E-state index contributed by atoms with van der Waals surface area (Å²) in [6, 6.07) is 67.9. The molecule has 268 valence electrons. The monoisotopic (exact) mass is 717 g/mol. The topological polar surface area (TPSA) is 23.8 Å². The van der Waals surface area contributed by atoms with Gasteiger partial charge in [-0.05, 0) is 148 Å². The Morgan fingerprint density at radius 2 is 0.554 bits per heavy atom. The fourth-order valence-corrected chi connectivity index (χ4v) is 7.20. The van der Waals surface area contributed by atoms with Crippen molar-refractivity contribution in [2.45, 2.75) is 27.7 Å². The molecule has 1 heteroatoms. The van der Waals surface area contributed by atoms with Gasteiger partial charge in [-0.3, -0.25) is 0 Å². The van der Waals surface area contributed by atoms with Crippen LogP contribution in [0.2, 0.25) is 0 Å². The Bertz CT molecular complexity index is 2580. The van der Waals surface area contributed by atoms with E-state index in [1.165, 1.54) is 66.8 Å². The van der Waals surface area contributed by atoms with Gasteiger partial charge in [-0.15, -0.1) is 0 Å². The summed E-state index contributed by atoms with van der Waals surface area (Å²) in [4.78, 5) is 0. The third-order valence-corrected chi connectivity index (χ3v) is 10.6. The van der Waals surface area contributed by atoms with Gasteiger partial charge in [0.25, 0.3) is 0 Å². The SMILES string of the molecule is Cc1ccc(-c2cc(-c3ccc(C)cc3)cc(-c3ccc(/C=C(\C#N)c4ccc(-c5cc(-c6ccc(C)cc6)cc(-c6ccc(C)cc6)c5)cc4)cc3)c2)cc1. The number of benzene rings is 8. The van der Waals surface area contributed by atoms with Gasteiger partial charge >= 0.3 is 0 Å². The van der Waals surface area contributed by atoms with Crippen LogP contribution in [0.5, 0.6) is 0 Å². The van der Waals surface area contributed by atoms with E-state index in [2.05, 4.69) is 216 Å². The van der Waals surface area contributed by atoms with Crippen LogP contribution in [0.4, 0.5) is 0 Å². The first kappa shape index (κ1) is 36.0. The molecule has 1 nitrogen and oxygen atoms in total. The smallest absolute Gasteiger partial charge is 0.0998 e. The Morgan fingerprint density at radius 1 is 0.321 bits per heavy atom. The average Bonchev–Trinajstić information content (AvgIpc) is 3.24. The Labute approximate surface area is 331 Å². The number of allylic oxidation sites excluding steroid dienone is 1. The van der Waals surface area contributed by atoms with Gasteiger partial charge in [-0.25, -0.2) is 0 Å². The average molecular weight is 718 g/mol. The van der Waals surface area contributed by atoms with Crippen LogP contribution in [-0.4, -0.2) is 0 Å². The van der Waals surface area contributed by atoms with E-state index < -0.39 is 0 Å². The fraction of sp³-hybridized carbons (Fsp3) is 0.0727. The lowest BCUT2D eigenvalue weighted by molar-refractivity contribution is 1.46. The zero-order chi connectivity index (χ0) is 38.6. The minimum atomic E-state index is 0.626. The molecule has 0 aromatic heterocycles. The van der Waals surface area contributed by atoms with Crippen molar-refractivity contribution in [3.05, 3.63) is 215 Å². The molecule has 8 aromatic rings. The zero-order valence-corrected chi connectivity index (χ0v) is 32.3. The van der Waals surface area contributed by atoms with Gasteiger partial charge in [-0.2, -0.15) is 5.26 Å². The van der Waals surface area contributed by atoms with Crippen molar-refractivity contribution in [1.82, 2.24) is 0 Å². The predicted octanol–water partition coefficient (Wildman–Crippen LogP) is 15.0. The van der Waals surface area contributed by atoms with E-state index >= 15 is 0 Å². The molecule has 0 N–H and O–H groups in total. The first-order chi connectivity index (χ1) is 27.3. The molecule has 8 aromatic carbocycles. The second-order valence-electron chi connectivity index (χ2n) is 14.9. The predicted molar refractivity (Wildman–Crippen MR) is 238 cm³/mol. The number of nitriles is 1. The zero-order valence-electron chi connectivity index (χ0n) is 32.3. The third-order valence-electron chi connectivity index (χ3n) is 10.6. The minimum Gasteiger partial charge on any atom is -0.192 e. The van der Waals surface area contributed by atoms with Gasteiger partial charge in [0, 0.05) is 0 Å². The highest BCUT2D eigenvalue weighted by atomic mass is 14.3. The van der Waals surface area contributed by atoms with E-state index in [9.17, 15) is 5.26 Å². The molecule has 0 bridgehead atoms. The summed E-state index contributed by atoms with van der Waals surface area (Å²) in [7, 11) is 0. The summed E-state index contributed by atoms with van der Waals surface area (Å²) < 4.78 is 0. The molecule has 0 aliphatic heterocycles. The first-order valence-corrected chi connectivity index (χ1v) is 19.2. The van der Waals surface area contributed by atoms with E-state index in [0.29, 0.717) is 5.57 Å². The lowest BCUT2D eigenvalue weighted by Gasteiger charge is -2.12. The number of nitrogens with zero attached hydrogens (tertiary/aromatic N) is 1. The summed E-state index contributed by atoms with van der Waals surface area (Å²) in [5, 5.41) is 10.3. The molecule has 0 radical (unpaired) electrons. The Kier molecular flexibility index (Phi) is 10.1. The lowest BCUT2D eigenvalue weighted by atomic mass is 9.92. The molecule has 0 atom stereocenters. The Balaban J connectivity index is 1.09. The maximum Gasteiger partial charge on any atom is 0.0998 e. The fourth-order valence-electron chi connectivity index (χ4n) is 7.20. The largest absolute Gasteiger partial charge is 0.192 e. The molecule has 0 unspecified atom stereocenters. The lowest BCUT2D eigenvalue weighted by Crippen LogP contribution is -1.88. The maximum absolute atomic E-state index is 10.3. The van der Waals surface area contributed by atoms with Crippen LogP contribution in [0.25, 0.3) is 78.4 Å². The first-order valence-electron chi connectivity index (χ1n) is 19.2. The summed E-state index contributed by atoms with van der Waals surface area (Å²) in [6.07, 6.45) is 1.98. The van der Waals surface area contributed by atoms with Crippen molar-refractivity contribution in [2.24, 2.45) is 0 Å². The van der Waals surface area contributed by atoms with Crippen LogP contribution in [0.1, 0.15) is 33.4 Å². The highest BCUT2D eigenvalue weighted by Crippen LogP contribution is 2.36. The number of rotatable bonds is 8. The second kappa shape index (κ2) is 15.8. The molecule has 0 heterocycles. The van der Waals surface area contributed by atoms with Crippen LogP contribution in [0.15, 0.2) is 182 Å². The van der Waals surface area contributed by atoms with Crippen molar-refractivity contribution >= 4 is 11.6 Å². The molecule has 0 fully saturated rings. The molecule has 0 amide bonds. The molecule has 0 aliphatic rings. The van der Waals surface area contributed by atoms with Crippen molar-refractivity contribution < 1.29 is 0 Å². The van der Waals surface area contributed by atoms with Gasteiger partial charge in [-0.1, -0.05) is 168 Å². The van der Waals surface area contributed by atoms with Crippen LogP contribution in [-0.2, 0) is 0 Å². The van der Waals surface area contributed by atoms with Crippen molar-refractivity contribution in [1.29, 1.82) is 5.26 Å². The normalized spacial score (nSPS) is 11.3. The molecule has 0 saturated heterocycles. The van der Waals surface area contributed by atoms with E-state index in [1.807, 2.05) is 6.08 Å². The van der Waals surface area contributed by atoms with Gasteiger partial charge in [0.15, 0.2) is 0 Å². The van der Waals surface area contributed by atoms with Gasteiger partial charge in [0.1, 0.15) is 0 Å². The van der Waals surface area contributed by atoms with Crippen molar-refractivity contribution in [3.8, 4) is 72.8 Å². The minimum absolute atomic E-state index is 0.626. The van der Waals surface area contributed by atoms with E-state index in [4.69, 9.17) is 0 Å². The van der Waals surface area contributed by atoms with Crippen LogP contribution >= 0.6 is 0 Å². The molecular formula is C55H43N. The van der Waals surface area contributed by atoms with E-state index in [1.54, 1.807) is 0 Å². The highest BCUT2D eigenvalue weighted by molar-refractivity contribution is 5.91. The molecule has 56 heavy (non-hydrogen) atoms. The van der Waals surface area contributed by atoms with Gasteiger partial charge in [0.2, 0.25) is 0 Å². The highest BCUT2D eigenvalue weighted by Gasteiger charge is 2.11. The molecule has 0 spiro atoms. The summed E-state index contributed by atoms with van der Waals surface area (Å²) in [5.41, 5.74) is 21.5.